The van der Waals surface area contributed by atoms with Crippen LogP contribution in [0.15, 0.2) is 0 Å². The van der Waals surface area contributed by atoms with Crippen molar-refractivity contribution in [2.45, 2.75) is 59.3 Å². The second-order valence-corrected chi connectivity index (χ2v) is 6.37. The molecule has 0 saturated heterocycles. The lowest BCUT2D eigenvalue weighted by molar-refractivity contribution is 0.0429. The van der Waals surface area contributed by atoms with Gasteiger partial charge in [-0.1, -0.05) is 33.6 Å². The van der Waals surface area contributed by atoms with Gasteiger partial charge in [-0.2, -0.15) is 0 Å². The second-order valence-electron chi connectivity index (χ2n) is 5.99. The number of hydrogen-bond acceptors (Lipinski definition) is 2. The van der Waals surface area contributed by atoms with E-state index in [1.165, 1.54) is 19.3 Å². The molecule has 0 radical (unpaired) electrons. The smallest absolute Gasteiger partial charge is 0.0700 e. The Bertz CT molecular complexity index is 166. The van der Waals surface area contributed by atoms with Crippen LogP contribution in [0, 0.1) is 5.41 Å². The highest BCUT2D eigenvalue weighted by Gasteiger charge is 2.08. The normalized spacial score (nSPS) is 12.0. The Morgan fingerprint density at radius 1 is 0.722 bits per heavy atom. The van der Waals surface area contributed by atoms with Crippen LogP contribution in [0.1, 0.15) is 59.3 Å². The van der Waals surface area contributed by atoms with Gasteiger partial charge in [0.15, 0.2) is 0 Å². The van der Waals surface area contributed by atoms with E-state index in [0.717, 1.165) is 51.6 Å². The van der Waals surface area contributed by atoms with E-state index in [1.807, 2.05) is 0 Å². The molecule has 0 spiro atoms. The number of hydrogen-bond donors (Lipinski definition) is 0. The summed E-state index contributed by atoms with van der Waals surface area (Å²) in [6, 6.07) is 0. The van der Waals surface area contributed by atoms with E-state index in [9.17, 15) is 0 Å². The molecule has 0 heterocycles. The van der Waals surface area contributed by atoms with E-state index >= 15 is 0 Å². The minimum absolute atomic E-state index is 0.420. The van der Waals surface area contributed by atoms with Crippen LogP contribution in [0.5, 0.6) is 0 Å². The average Bonchev–Trinajstić information content (AvgIpc) is 2.29. The summed E-state index contributed by atoms with van der Waals surface area (Å²) in [6.07, 6.45) is 7.06. The van der Waals surface area contributed by atoms with Gasteiger partial charge in [0, 0.05) is 19.1 Å². The van der Waals surface area contributed by atoms with Crippen LogP contribution < -0.4 is 0 Å². The maximum absolute atomic E-state index is 5.60. The highest BCUT2D eigenvalue weighted by molar-refractivity contribution is 6.17. The minimum Gasteiger partial charge on any atom is -0.379 e. The Labute approximate surface area is 118 Å². The highest BCUT2D eigenvalue weighted by atomic mass is 35.5. The van der Waals surface area contributed by atoms with Crippen LogP contribution in [0.2, 0.25) is 0 Å². The first kappa shape index (κ1) is 18.2. The molecule has 0 aromatic rings. The Hall–Kier alpha value is 0.210. The summed E-state index contributed by atoms with van der Waals surface area (Å²) in [5.41, 5.74) is 0.420. The van der Waals surface area contributed by atoms with Gasteiger partial charge in [-0.05, 0) is 31.1 Å². The number of alkyl halides is 1. The third-order valence-corrected chi connectivity index (χ3v) is 3.03. The zero-order valence-electron chi connectivity index (χ0n) is 12.5. The summed E-state index contributed by atoms with van der Waals surface area (Å²) < 4.78 is 11.0. The molecule has 0 aromatic heterocycles. The molecule has 0 aliphatic heterocycles. The van der Waals surface area contributed by atoms with Gasteiger partial charge in [0.05, 0.1) is 13.2 Å². The lowest BCUT2D eigenvalue weighted by Crippen LogP contribution is -2.09. The zero-order valence-corrected chi connectivity index (χ0v) is 13.2. The molecule has 0 unspecified atom stereocenters. The van der Waals surface area contributed by atoms with Crippen LogP contribution in [0.3, 0.4) is 0 Å². The van der Waals surface area contributed by atoms with E-state index in [0.29, 0.717) is 5.41 Å². The van der Waals surface area contributed by atoms with Gasteiger partial charge in [-0.15, -0.1) is 11.6 Å². The first-order valence-corrected chi connectivity index (χ1v) is 7.81. The van der Waals surface area contributed by atoms with Crippen LogP contribution in [-0.2, 0) is 9.47 Å². The standard InChI is InChI=1S/C15H31ClO2/c1-15(2,3)9-8-12-18-14-13-17-11-7-5-4-6-10-16/h4-14H2,1-3H3. The fraction of sp³-hybridized carbons (Fsp3) is 1.00. The Kier molecular flexibility index (Phi) is 12.4. The van der Waals surface area contributed by atoms with Crippen molar-refractivity contribution in [2.75, 3.05) is 32.3 Å². The molecule has 0 aliphatic carbocycles. The SMILES string of the molecule is CC(C)(C)CCCOCCOCCCCCCCl. The number of unbranched alkanes of at least 4 members (excludes halogenated alkanes) is 3. The molecule has 0 saturated carbocycles. The summed E-state index contributed by atoms with van der Waals surface area (Å²) in [7, 11) is 0. The number of halogens is 1. The predicted molar refractivity (Wildman–Crippen MR) is 79.5 cm³/mol. The van der Waals surface area contributed by atoms with Crippen molar-refractivity contribution in [3.63, 3.8) is 0 Å². The van der Waals surface area contributed by atoms with Gasteiger partial charge in [0.1, 0.15) is 0 Å². The summed E-state index contributed by atoms with van der Waals surface area (Å²) >= 11 is 5.60. The molecule has 0 aromatic carbocycles. The molecular formula is C15H31ClO2. The zero-order chi connectivity index (χ0) is 13.7. The highest BCUT2D eigenvalue weighted by Crippen LogP contribution is 2.20. The maximum Gasteiger partial charge on any atom is 0.0700 e. The Morgan fingerprint density at radius 2 is 1.28 bits per heavy atom. The molecule has 0 N–H and O–H groups in total. The van der Waals surface area contributed by atoms with E-state index in [-0.39, 0.29) is 0 Å². The molecule has 0 aliphatic rings. The lowest BCUT2D eigenvalue weighted by atomic mass is 9.91. The molecular weight excluding hydrogens is 248 g/mol. The van der Waals surface area contributed by atoms with Crippen molar-refractivity contribution >= 4 is 11.6 Å². The lowest BCUT2D eigenvalue weighted by Gasteiger charge is -2.17. The predicted octanol–water partition coefficient (Wildman–Crippen LogP) is 4.65. The van der Waals surface area contributed by atoms with Crippen LogP contribution >= 0.6 is 11.6 Å². The third kappa shape index (κ3) is 16.2. The second kappa shape index (κ2) is 12.3. The third-order valence-electron chi connectivity index (χ3n) is 2.76. The van der Waals surface area contributed by atoms with Gasteiger partial charge in [0.2, 0.25) is 0 Å². The molecule has 0 fully saturated rings. The van der Waals surface area contributed by atoms with Crippen LogP contribution in [-0.4, -0.2) is 32.3 Å². The van der Waals surface area contributed by atoms with Crippen molar-refractivity contribution in [1.82, 2.24) is 0 Å². The Balaban J connectivity index is 2.99. The largest absolute Gasteiger partial charge is 0.379 e. The fourth-order valence-electron chi connectivity index (χ4n) is 1.68. The summed E-state index contributed by atoms with van der Waals surface area (Å²) in [5.74, 6) is 0.781. The number of ether oxygens (including phenoxy) is 2. The molecule has 0 bridgehead atoms. The molecule has 2 nitrogen and oxygen atoms in total. The Morgan fingerprint density at radius 3 is 1.83 bits per heavy atom. The average molecular weight is 279 g/mol. The van der Waals surface area contributed by atoms with Crippen LogP contribution in [0.4, 0.5) is 0 Å². The van der Waals surface area contributed by atoms with Crippen LogP contribution in [0.25, 0.3) is 0 Å². The summed E-state index contributed by atoms with van der Waals surface area (Å²) in [5, 5.41) is 0. The van der Waals surface area contributed by atoms with Crippen molar-refractivity contribution in [1.29, 1.82) is 0 Å². The van der Waals surface area contributed by atoms with Crippen molar-refractivity contribution in [2.24, 2.45) is 5.41 Å². The van der Waals surface area contributed by atoms with Crippen molar-refractivity contribution < 1.29 is 9.47 Å². The van der Waals surface area contributed by atoms with Crippen molar-refractivity contribution in [3.8, 4) is 0 Å². The van der Waals surface area contributed by atoms with Gasteiger partial charge < -0.3 is 9.47 Å². The first-order chi connectivity index (χ1) is 8.56. The number of rotatable bonds is 12. The van der Waals surface area contributed by atoms with E-state index in [1.54, 1.807) is 0 Å². The maximum atomic E-state index is 5.60. The van der Waals surface area contributed by atoms with Gasteiger partial charge in [-0.25, -0.2) is 0 Å². The molecule has 0 rings (SSSR count). The summed E-state index contributed by atoms with van der Waals surface area (Å²) in [4.78, 5) is 0. The fourth-order valence-corrected chi connectivity index (χ4v) is 1.87. The molecule has 110 valence electrons. The molecule has 0 atom stereocenters. The van der Waals surface area contributed by atoms with Gasteiger partial charge >= 0.3 is 0 Å². The van der Waals surface area contributed by atoms with Crippen molar-refractivity contribution in [3.05, 3.63) is 0 Å². The topological polar surface area (TPSA) is 18.5 Å². The quantitative estimate of drug-likeness (QED) is 0.382. The monoisotopic (exact) mass is 278 g/mol. The van der Waals surface area contributed by atoms with E-state index < -0.39 is 0 Å². The van der Waals surface area contributed by atoms with Gasteiger partial charge in [0.25, 0.3) is 0 Å². The summed E-state index contributed by atoms with van der Waals surface area (Å²) in [6.45, 7) is 9.96. The first-order valence-electron chi connectivity index (χ1n) is 7.28. The molecule has 3 heteroatoms. The molecule has 18 heavy (non-hydrogen) atoms. The van der Waals surface area contributed by atoms with E-state index in [2.05, 4.69) is 20.8 Å². The molecule has 0 amide bonds. The van der Waals surface area contributed by atoms with E-state index in [4.69, 9.17) is 21.1 Å². The minimum atomic E-state index is 0.420. The van der Waals surface area contributed by atoms with Gasteiger partial charge in [-0.3, -0.25) is 0 Å².